The highest BCUT2D eigenvalue weighted by molar-refractivity contribution is 6.02. The fourth-order valence-corrected chi connectivity index (χ4v) is 12.4. The van der Waals surface area contributed by atoms with Crippen LogP contribution in [0.2, 0.25) is 0 Å². The molecule has 1 rings (SSSR count). The van der Waals surface area contributed by atoms with Crippen molar-refractivity contribution >= 4 is 76.7 Å². The topological polar surface area (TPSA) is 497 Å². The number of aliphatic hydroxyl groups excluding tert-OH is 1. The quantitative estimate of drug-likeness (QED) is 0.0323. The summed E-state index contributed by atoms with van der Waals surface area (Å²) in [4.78, 5) is 177. The second-order valence-electron chi connectivity index (χ2n) is 32.9. The molecular formula is C83H150N16O15. The first-order valence-corrected chi connectivity index (χ1v) is 41.5. The Morgan fingerprint density at radius 3 is 1.15 bits per heavy atom. The van der Waals surface area contributed by atoms with Gasteiger partial charge in [0.1, 0.15) is 71.9 Å². The molecule has 0 aliphatic heterocycles. The van der Waals surface area contributed by atoms with Crippen LogP contribution in [0.1, 0.15) is 241 Å². The number of hydrogen-bond donors (Lipinski definition) is 18. The van der Waals surface area contributed by atoms with Gasteiger partial charge >= 0.3 is 0 Å². The van der Waals surface area contributed by atoms with Crippen molar-refractivity contribution in [2.45, 2.75) is 320 Å². The van der Waals surface area contributed by atoms with E-state index >= 15 is 0 Å². The summed E-state index contributed by atoms with van der Waals surface area (Å²) in [6, 6.07) is -4.51. The van der Waals surface area contributed by atoms with Gasteiger partial charge in [0, 0.05) is 12.5 Å². The second-order valence-corrected chi connectivity index (χ2v) is 32.9. The smallest absolute Gasteiger partial charge is 0.268 e. The van der Waals surface area contributed by atoms with Gasteiger partial charge in [-0.1, -0.05) is 169 Å². The maximum absolute atomic E-state index is 14.3. The van der Waals surface area contributed by atoms with E-state index in [9.17, 15) is 72.5 Å². The van der Waals surface area contributed by atoms with Crippen molar-refractivity contribution in [1.29, 1.82) is 0 Å². The van der Waals surface area contributed by atoms with Gasteiger partial charge in [0.15, 0.2) is 5.78 Å². The van der Waals surface area contributed by atoms with Crippen molar-refractivity contribution in [2.24, 2.45) is 70.5 Å². The van der Waals surface area contributed by atoms with Gasteiger partial charge in [0.05, 0.1) is 12.1 Å². The summed E-state index contributed by atoms with van der Waals surface area (Å²) in [5.74, 6) is -9.18. The third-order valence-corrected chi connectivity index (χ3v) is 20.1. The molecule has 0 radical (unpaired) electrons. The van der Waals surface area contributed by atoms with Crippen LogP contribution in [-0.4, -0.2) is 192 Å². The van der Waals surface area contributed by atoms with Gasteiger partial charge < -0.3 is 96.5 Å². The van der Waals surface area contributed by atoms with E-state index in [1.807, 2.05) is 62.3 Å². The normalized spacial score (nSPS) is 15.6. The summed E-state index contributed by atoms with van der Waals surface area (Å²) >= 11 is 0. The van der Waals surface area contributed by atoms with Crippen LogP contribution in [0.5, 0.6) is 5.75 Å². The SMILES string of the molecule is C/C=C(/NC(=O)[C@@H](O)C(C)CC)C(=O)NC(CC(C)C)C(=O)NC(CCCN)C(=O)NC(C(=O)NC(C(=O)NC(C(=O)NC(CCCCN)C(=O)NC(C(=O)NC(CC(C)C)C(C)=O)C(C)C)C(C)C)C(C)C)C(C)CC.CCC(NC(=O)C(CC(C)C)NC(=O)C(Cc1ccc(O)cc1)NC(=O)C(CCCCN)NC)C(C)C. The molecule has 0 aromatic heterocycles. The van der Waals surface area contributed by atoms with Crippen molar-refractivity contribution < 1.29 is 72.5 Å². The Morgan fingerprint density at radius 2 is 0.737 bits per heavy atom. The number of unbranched alkanes of at least 4 members (excludes halogenated alkanes) is 2. The molecule has 0 spiro atoms. The number of carbonyl (C=O) groups excluding carboxylic acids is 13. The molecule has 0 saturated heterocycles. The first kappa shape index (κ1) is 106. The Morgan fingerprint density at radius 1 is 0.386 bits per heavy atom. The molecule has 31 heteroatoms. The van der Waals surface area contributed by atoms with Gasteiger partial charge in [-0.3, -0.25) is 62.3 Å². The Kier molecular flexibility index (Phi) is 52.2. The number of amides is 12. The molecule has 0 bridgehead atoms. The third kappa shape index (κ3) is 40.0. The zero-order valence-corrected chi connectivity index (χ0v) is 72.8. The maximum atomic E-state index is 14.3. The maximum Gasteiger partial charge on any atom is 0.268 e. The van der Waals surface area contributed by atoms with Crippen molar-refractivity contribution in [3.05, 3.63) is 41.6 Å². The molecule has 14 unspecified atom stereocenters. The Balaban J connectivity index is 0.00000286. The molecule has 0 heterocycles. The van der Waals surface area contributed by atoms with Crippen LogP contribution in [0, 0.1) is 53.3 Å². The van der Waals surface area contributed by atoms with E-state index in [0.717, 1.165) is 24.8 Å². The number of likely N-dealkylation sites (N-methyl/N-ethyl adjacent to an activating group) is 1. The fourth-order valence-electron chi connectivity index (χ4n) is 12.4. The minimum atomic E-state index is -1.37. The number of rotatable bonds is 54. The number of phenols is 1. The number of allylic oxidation sites excluding steroid dienone is 1. The number of nitrogens with one attached hydrogen (secondary N) is 13. The van der Waals surface area contributed by atoms with Crippen LogP contribution >= 0.6 is 0 Å². The van der Waals surface area contributed by atoms with E-state index in [-0.39, 0.29) is 96.9 Å². The average molecular weight is 1610 g/mol. The minimum absolute atomic E-state index is 0.0106. The van der Waals surface area contributed by atoms with E-state index in [4.69, 9.17) is 17.2 Å². The predicted molar refractivity (Wildman–Crippen MR) is 446 cm³/mol. The average Bonchev–Trinajstić information content (AvgIpc) is 0.845. The number of benzene rings is 1. The first-order valence-electron chi connectivity index (χ1n) is 41.5. The largest absolute Gasteiger partial charge is 0.508 e. The lowest BCUT2D eigenvalue weighted by Gasteiger charge is -2.31. The molecule has 1 aromatic carbocycles. The van der Waals surface area contributed by atoms with Crippen molar-refractivity contribution in [3.63, 3.8) is 0 Å². The Labute approximate surface area is 680 Å². The summed E-state index contributed by atoms with van der Waals surface area (Å²) < 4.78 is 0. The molecule has 0 fully saturated rings. The van der Waals surface area contributed by atoms with Crippen molar-refractivity contribution in [1.82, 2.24) is 69.1 Å². The standard InChI is InChI=1S/C55H101N11O11.C28H49N5O4/c1-17-34(14)45(66-49(71)39(24-22-26-57)59-50(72)41(28-30(6)7)62-47(69)37(19-3)58-55(77)46(68)35(15)18-2)54(76)65-44(33(12)13)53(75)64-43(32(10)11)51(73)60-38(23-20-21-25-56)48(70)63-42(31(8)9)52(74)61-40(36(16)67)27-29(4)5;1-7-22(19(4)5)31-27(36)24(16-18(2)3)32-28(37)25(17-20-11-13-21(34)14-12-20)33-26(35)23(30-6)10-8-9-15-29/h19,29-35,38-46,68H,17-18,20-28,56-57H2,1-16H3,(H,58,77)(H,59,72)(H,60,73)(H,61,74)(H,62,69)(H,63,70)(H,64,75)(H,65,76)(H,66,71);11-14,18-19,22-25,30,34H,7-10,15-17,29H2,1-6H3,(H,31,36)(H,32,37)(H,33,35)/b37-19+;/t34?,35?,38?,39?,40?,41?,42?,43?,44?,45?,46-;/m0./s1. The molecule has 21 N–H and O–H groups in total. The number of phenolic OH excluding ortho intramolecular Hbond substituents is 1. The fraction of sp³-hybridized carbons (Fsp3) is 0.747. The molecule has 15 atom stereocenters. The van der Waals surface area contributed by atoms with Crippen LogP contribution in [0.15, 0.2) is 36.0 Å². The van der Waals surface area contributed by atoms with Crippen LogP contribution in [-0.2, 0) is 68.7 Å². The van der Waals surface area contributed by atoms with E-state index in [1.165, 1.54) is 19.9 Å². The Hall–Kier alpha value is -8.13. The highest BCUT2D eigenvalue weighted by atomic mass is 16.3. The van der Waals surface area contributed by atoms with Gasteiger partial charge in [-0.15, -0.1) is 0 Å². The lowest BCUT2D eigenvalue weighted by Crippen LogP contribution is -2.62. The van der Waals surface area contributed by atoms with E-state index in [1.54, 1.807) is 86.7 Å². The summed E-state index contributed by atoms with van der Waals surface area (Å²) in [6.07, 6.45) is 6.63. The minimum Gasteiger partial charge on any atom is -0.508 e. The number of nitrogens with two attached hydrogens (primary N) is 3. The number of Topliss-reactive ketones (excluding diaryl/α,β-unsaturated/α-hetero) is 1. The van der Waals surface area contributed by atoms with Crippen LogP contribution in [0.3, 0.4) is 0 Å². The van der Waals surface area contributed by atoms with Gasteiger partial charge in [-0.25, -0.2) is 0 Å². The molecule has 12 amide bonds. The number of aliphatic hydroxyl groups is 1. The zero-order valence-electron chi connectivity index (χ0n) is 72.8. The van der Waals surface area contributed by atoms with E-state index in [2.05, 4.69) is 83.0 Å². The van der Waals surface area contributed by atoms with Crippen LogP contribution in [0.4, 0.5) is 0 Å². The summed E-state index contributed by atoms with van der Waals surface area (Å²) in [5.41, 5.74) is 17.8. The monoisotopic (exact) mass is 1610 g/mol. The summed E-state index contributed by atoms with van der Waals surface area (Å²) in [7, 11) is 1.71. The highest BCUT2D eigenvalue weighted by Crippen LogP contribution is 2.19. The molecule has 652 valence electrons. The number of ketones is 1. The number of aromatic hydroxyl groups is 1. The highest BCUT2D eigenvalue weighted by Gasteiger charge is 2.39. The molecule has 0 aliphatic carbocycles. The predicted octanol–water partition coefficient (Wildman–Crippen LogP) is 4.07. The van der Waals surface area contributed by atoms with E-state index < -0.39 is 155 Å². The lowest BCUT2D eigenvalue weighted by atomic mass is 9.95. The first-order chi connectivity index (χ1) is 53.4. The molecule has 0 aliphatic rings. The van der Waals surface area contributed by atoms with E-state index in [0.29, 0.717) is 64.5 Å². The van der Waals surface area contributed by atoms with Crippen molar-refractivity contribution in [3.8, 4) is 5.75 Å². The zero-order chi connectivity index (χ0) is 87.4. The summed E-state index contributed by atoms with van der Waals surface area (Å²) in [6.45, 7) is 39.0. The molecule has 114 heavy (non-hydrogen) atoms. The van der Waals surface area contributed by atoms with Crippen LogP contribution in [0.25, 0.3) is 0 Å². The Bertz CT molecular complexity index is 3170. The summed E-state index contributed by atoms with van der Waals surface area (Å²) in [5, 5.41) is 56.4. The van der Waals surface area contributed by atoms with Gasteiger partial charge in [0.25, 0.3) is 11.8 Å². The molecule has 31 nitrogen and oxygen atoms in total. The number of carbonyl (C=O) groups is 13. The van der Waals surface area contributed by atoms with Crippen molar-refractivity contribution in [2.75, 3.05) is 26.7 Å². The number of hydrogen-bond acceptors (Lipinski definition) is 19. The van der Waals surface area contributed by atoms with Crippen LogP contribution < -0.4 is 86.3 Å². The second kappa shape index (κ2) is 56.2. The molecular weight excluding hydrogens is 1460 g/mol. The molecule has 1 aromatic rings. The third-order valence-electron chi connectivity index (χ3n) is 20.1. The molecule has 0 saturated carbocycles. The lowest BCUT2D eigenvalue weighted by molar-refractivity contribution is -0.137. The van der Waals surface area contributed by atoms with Gasteiger partial charge in [-0.2, -0.15) is 0 Å². The van der Waals surface area contributed by atoms with Gasteiger partial charge in [0.2, 0.25) is 59.1 Å². The van der Waals surface area contributed by atoms with Gasteiger partial charge in [-0.05, 0) is 182 Å².